The van der Waals surface area contributed by atoms with Crippen LogP contribution < -0.4 is 15.4 Å². The van der Waals surface area contributed by atoms with Crippen LogP contribution in [0, 0.1) is 0 Å². The molecular formula is C20H24ClN3O2S. The number of nitrogens with one attached hydrogen (secondary N) is 2. The van der Waals surface area contributed by atoms with Gasteiger partial charge in [0.05, 0.1) is 26.4 Å². The smallest absolute Gasteiger partial charge is 0.170 e. The van der Waals surface area contributed by atoms with Gasteiger partial charge in [-0.2, -0.15) is 0 Å². The van der Waals surface area contributed by atoms with Crippen molar-refractivity contribution in [3.8, 4) is 5.75 Å². The quantitative estimate of drug-likeness (QED) is 0.714. The summed E-state index contributed by atoms with van der Waals surface area (Å²) in [5, 5.41) is 7.83. The van der Waals surface area contributed by atoms with E-state index in [-0.39, 0.29) is 6.04 Å². The van der Waals surface area contributed by atoms with Gasteiger partial charge in [-0.05, 0) is 54.2 Å². The van der Waals surface area contributed by atoms with Gasteiger partial charge in [-0.25, -0.2) is 0 Å². The molecule has 0 aromatic heterocycles. The van der Waals surface area contributed by atoms with E-state index in [1.165, 1.54) is 5.56 Å². The molecule has 2 N–H and O–H groups in total. The topological polar surface area (TPSA) is 45.8 Å². The fourth-order valence-electron chi connectivity index (χ4n) is 3.07. The van der Waals surface area contributed by atoms with Gasteiger partial charge < -0.3 is 20.1 Å². The first-order valence-corrected chi connectivity index (χ1v) is 9.70. The number of hydrogen-bond donors (Lipinski definition) is 2. The molecule has 0 bridgehead atoms. The summed E-state index contributed by atoms with van der Waals surface area (Å²) in [5.74, 6) is 0.854. The number of rotatable bonds is 6. The Bertz CT molecular complexity index is 734. The van der Waals surface area contributed by atoms with Gasteiger partial charge in [0.2, 0.25) is 0 Å². The zero-order valence-corrected chi connectivity index (χ0v) is 16.9. The highest BCUT2D eigenvalue weighted by Gasteiger charge is 2.22. The lowest BCUT2D eigenvalue weighted by Gasteiger charge is -2.35. The summed E-state index contributed by atoms with van der Waals surface area (Å²) >= 11 is 11.4. The maximum Gasteiger partial charge on any atom is 0.170 e. The third-order valence-corrected chi connectivity index (χ3v) is 5.04. The molecule has 0 aliphatic carbocycles. The predicted octanol–water partition coefficient (Wildman–Crippen LogP) is 3.71. The molecule has 2 aromatic rings. The van der Waals surface area contributed by atoms with Crippen molar-refractivity contribution in [2.75, 3.05) is 45.3 Å². The van der Waals surface area contributed by atoms with Crippen molar-refractivity contribution < 1.29 is 9.47 Å². The summed E-state index contributed by atoms with van der Waals surface area (Å²) in [7, 11) is 1.68. The third-order valence-electron chi connectivity index (χ3n) is 4.55. The molecule has 0 radical (unpaired) electrons. The average Bonchev–Trinajstić information content (AvgIpc) is 2.71. The lowest BCUT2D eigenvalue weighted by molar-refractivity contribution is 0.0170. The number of thiocarbonyl (C=S) groups is 1. The highest BCUT2D eigenvalue weighted by Crippen LogP contribution is 2.23. The molecule has 7 heteroatoms. The van der Waals surface area contributed by atoms with Crippen LogP contribution in [-0.2, 0) is 4.74 Å². The van der Waals surface area contributed by atoms with Crippen molar-refractivity contribution in [3.05, 3.63) is 59.1 Å². The van der Waals surface area contributed by atoms with Gasteiger partial charge in [0.25, 0.3) is 0 Å². The van der Waals surface area contributed by atoms with Crippen molar-refractivity contribution in [1.29, 1.82) is 0 Å². The van der Waals surface area contributed by atoms with E-state index in [0.717, 1.165) is 37.7 Å². The molecule has 27 heavy (non-hydrogen) atoms. The van der Waals surface area contributed by atoms with Crippen LogP contribution in [0.5, 0.6) is 5.75 Å². The van der Waals surface area contributed by atoms with E-state index in [1.807, 2.05) is 36.4 Å². The minimum Gasteiger partial charge on any atom is -0.497 e. The normalized spacial score (nSPS) is 15.8. The predicted molar refractivity (Wildman–Crippen MR) is 114 cm³/mol. The number of anilines is 1. The molecule has 1 atom stereocenters. The van der Waals surface area contributed by atoms with Crippen LogP contribution in [0.3, 0.4) is 0 Å². The van der Waals surface area contributed by atoms with Crippen LogP contribution in [-0.4, -0.2) is 50.0 Å². The standard InChI is InChI=1S/C20H24ClN3O2S/c1-25-18-8-2-15(3-9-18)19(24-10-12-26-13-11-24)14-22-20(27)23-17-6-4-16(21)5-7-17/h2-9,19H,10-14H2,1H3,(H2,22,23,27)/t19-/m1/s1. The number of nitrogens with zero attached hydrogens (tertiary/aromatic N) is 1. The van der Waals surface area contributed by atoms with E-state index in [9.17, 15) is 0 Å². The fraction of sp³-hybridized carbons (Fsp3) is 0.350. The van der Waals surface area contributed by atoms with Crippen molar-refractivity contribution in [1.82, 2.24) is 10.2 Å². The Morgan fingerprint density at radius 3 is 2.44 bits per heavy atom. The second-order valence-corrected chi connectivity index (χ2v) is 7.12. The zero-order chi connectivity index (χ0) is 19.1. The molecule has 0 unspecified atom stereocenters. The van der Waals surface area contributed by atoms with Gasteiger partial charge >= 0.3 is 0 Å². The van der Waals surface area contributed by atoms with E-state index in [1.54, 1.807) is 7.11 Å². The first-order chi connectivity index (χ1) is 13.2. The van der Waals surface area contributed by atoms with E-state index in [4.69, 9.17) is 33.3 Å². The van der Waals surface area contributed by atoms with Crippen molar-refractivity contribution >= 4 is 34.6 Å². The maximum absolute atomic E-state index is 5.93. The molecule has 1 heterocycles. The number of halogens is 1. The number of benzene rings is 2. The maximum atomic E-state index is 5.93. The summed E-state index contributed by atoms with van der Waals surface area (Å²) in [6, 6.07) is 15.9. The third kappa shape index (κ3) is 5.81. The Hall–Kier alpha value is -1.86. The molecule has 1 aliphatic rings. The summed E-state index contributed by atoms with van der Waals surface area (Å²) in [6.45, 7) is 4.00. The van der Waals surface area contributed by atoms with E-state index in [2.05, 4.69) is 27.7 Å². The minimum atomic E-state index is 0.199. The first kappa shape index (κ1) is 19.9. The number of hydrogen-bond acceptors (Lipinski definition) is 4. The monoisotopic (exact) mass is 405 g/mol. The average molecular weight is 406 g/mol. The Balaban J connectivity index is 1.64. The first-order valence-electron chi connectivity index (χ1n) is 8.92. The Labute approximate surface area is 170 Å². The molecule has 3 rings (SSSR count). The summed E-state index contributed by atoms with van der Waals surface area (Å²) in [4.78, 5) is 2.42. The highest BCUT2D eigenvalue weighted by atomic mass is 35.5. The van der Waals surface area contributed by atoms with Gasteiger partial charge in [-0.15, -0.1) is 0 Å². The van der Waals surface area contributed by atoms with Crippen LogP contribution in [0.1, 0.15) is 11.6 Å². The van der Waals surface area contributed by atoms with Gasteiger partial charge in [-0.3, -0.25) is 4.90 Å². The lowest BCUT2D eigenvalue weighted by Crippen LogP contribution is -2.44. The largest absolute Gasteiger partial charge is 0.497 e. The Kier molecular flexibility index (Phi) is 7.29. The lowest BCUT2D eigenvalue weighted by atomic mass is 10.0. The van der Waals surface area contributed by atoms with Gasteiger partial charge in [0, 0.05) is 30.3 Å². The van der Waals surface area contributed by atoms with Crippen molar-refractivity contribution in [3.63, 3.8) is 0 Å². The molecule has 1 saturated heterocycles. The van der Waals surface area contributed by atoms with Crippen LogP contribution in [0.2, 0.25) is 5.02 Å². The summed E-state index contributed by atoms with van der Waals surface area (Å²) < 4.78 is 10.8. The molecule has 1 fully saturated rings. The molecule has 0 saturated carbocycles. The van der Waals surface area contributed by atoms with Gasteiger partial charge in [-0.1, -0.05) is 23.7 Å². The molecule has 0 amide bonds. The van der Waals surface area contributed by atoms with Crippen LogP contribution >= 0.6 is 23.8 Å². The van der Waals surface area contributed by atoms with Gasteiger partial charge in [0.15, 0.2) is 5.11 Å². The SMILES string of the molecule is COc1ccc([C@@H](CNC(=S)Nc2ccc(Cl)cc2)N2CCOCC2)cc1. The summed E-state index contributed by atoms with van der Waals surface area (Å²) in [5.41, 5.74) is 2.13. The molecule has 5 nitrogen and oxygen atoms in total. The van der Waals surface area contributed by atoms with Gasteiger partial charge in [0.1, 0.15) is 5.75 Å². The molecule has 0 spiro atoms. The number of methoxy groups -OCH3 is 1. The van der Waals surface area contributed by atoms with Crippen LogP contribution in [0.25, 0.3) is 0 Å². The van der Waals surface area contributed by atoms with Crippen molar-refractivity contribution in [2.24, 2.45) is 0 Å². The van der Waals surface area contributed by atoms with Crippen molar-refractivity contribution in [2.45, 2.75) is 6.04 Å². The molecule has 144 valence electrons. The van der Waals surface area contributed by atoms with E-state index >= 15 is 0 Å². The molecule has 2 aromatic carbocycles. The number of ether oxygens (including phenoxy) is 2. The minimum absolute atomic E-state index is 0.199. The Morgan fingerprint density at radius 1 is 1.15 bits per heavy atom. The summed E-state index contributed by atoms with van der Waals surface area (Å²) in [6.07, 6.45) is 0. The second kappa shape index (κ2) is 9.90. The number of morpholine rings is 1. The highest BCUT2D eigenvalue weighted by molar-refractivity contribution is 7.80. The Morgan fingerprint density at radius 2 is 1.81 bits per heavy atom. The second-order valence-electron chi connectivity index (χ2n) is 6.28. The van der Waals surface area contributed by atoms with Crippen LogP contribution in [0.4, 0.5) is 5.69 Å². The van der Waals surface area contributed by atoms with Crippen LogP contribution in [0.15, 0.2) is 48.5 Å². The molecule has 1 aliphatic heterocycles. The zero-order valence-electron chi connectivity index (χ0n) is 15.3. The van der Waals surface area contributed by atoms with E-state index < -0.39 is 0 Å². The van der Waals surface area contributed by atoms with E-state index in [0.29, 0.717) is 16.7 Å². The molecular weight excluding hydrogens is 382 g/mol. The fourth-order valence-corrected chi connectivity index (χ4v) is 3.40.